The van der Waals surface area contributed by atoms with E-state index in [1.807, 2.05) is 0 Å². The number of nitrogens with one attached hydrogen (secondary N) is 1. The summed E-state index contributed by atoms with van der Waals surface area (Å²) in [5.74, 6) is -0.942. The summed E-state index contributed by atoms with van der Waals surface area (Å²) in [6.45, 7) is 0. The Bertz CT molecular complexity index is 1230. The molecule has 4 rings (SSSR count). The van der Waals surface area contributed by atoms with Gasteiger partial charge in [0.05, 0.1) is 22.8 Å². The topological polar surface area (TPSA) is 80.6 Å². The van der Waals surface area contributed by atoms with E-state index in [4.69, 9.17) is 27.9 Å². The summed E-state index contributed by atoms with van der Waals surface area (Å²) >= 11 is 12.1. The third-order valence-electron chi connectivity index (χ3n) is 4.69. The van der Waals surface area contributed by atoms with Crippen LogP contribution in [0.3, 0.4) is 0 Å². The first kappa shape index (κ1) is 20.7. The molecule has 2 aromatic carbocycles. The van der Waals surface area contributed by atoms with Crippen molar-refractivity contribution in [3.05, 3.63) is 82.1 Å². The van der Waals surface area contributed by atoms with E-state index >= 15 is 0 Å². The van der Waals surface area contributed by atoms with Crippen molar-refractivity contribution in [2.24, 2.45) is 0 Å². The molecule has 1 saturated heterocycles. The number of benzene rings is 2. The molecule has 156 valence electrons. The zero-order valence-corrected chi connectivity index (χ0v) is 17.6. The number of barbiturate groups is 1. The van der Waals surface area contributed by atoms with Crippen molar-refractivity contribution in [1.29, 1.82) is 0 Å². The molecule has 4 amide bonds. The third-order valence-corrected chi connectivity index (χ3v) is 5.43. The summed E-state index contributed by atoms with van der Waals surface area (Å²) in [4.78, 5) is 38.8. The standard InChI is InChI=1S/C22H15Cl2N3O4/c1-31-16-7-4-13(5-8-16)27-21(29)17(20(28)25-22(27)30)11-14-3-2-10-26(14)15-6-9-18(23)19(24)12-15/h2-12H,1H3,(H,25,28,30)/b17-11-. The highest BCUT2D eigenvalue weighted by Gasteiger charge is 2.37. The maximum absolute atomic E-state index is 13.1. The van der Waals surface area contributed by atoms with Crippen LogP contribution in [-0.4, -0.2) is 29.5 Å². The first-order valence-electron chi connectivity index (χ1n) is 9.07. The molecule has 1 aliphatic rings. The van der Waals surface area contributed by atoms with E-state index in [0.29, 0.717) is 32.9 Å². The minimum Gasteiger partial charge on any atom is -0.497 e. The second kappa shape index (κ2) is 8.29. The van der Waals surface area contributed by atoms with Gasteiger partial charge in [0.1, 0.15) is 11.3 Å². The lowest BCUT2D eigenvalue weighted by Crippen LogP contribution is -2.54. The van der Waals surface area contributed by atoms with Gasteiger partial charge < -0.3 is 9.30 Å². The van der Waals surface area contributed by atoms with Crippen molar-refractivity contribution in [2.75, 3.05) is 12.0 Å². The Balaban J connectivity index is 1.73. The lowest BCUT2D eigenvalue weighted by atomic mass is 10.1. The third kappa shape index (κ3) is 3.93. The Hall–Kier alpha value is -3.55. The number of ether oxygens (including phenoxy) is 1. The molecule has 7 nitrogen and oxygen atoms in total. The van der Waals surface area contributed by atoms with Crippen molar-refractivity contribution in [1.82, 2.24) is 9.88 Å². The number of imide groups is 2. The van der Waals surface area contributed by atoms with E-state index in [1.165, 1.54) is 13.2 Å². The highest BCUT2D eigenvalue weighted by Crippen LogP contribution is 2.27. The molecule has 1 aromatic heterocycles. The number of hydrogen-bond donors (Lipinski definition) is 1. The fourth-order valence-corrected chi connectivity index (χ4v) is 3.45. The predicted octanol–water partition coefficient (Wildman–Crippen LogP) is 4.46. The Morgan fingerprint density at radius 2 is 1.65 bits per heavy atom. The van der Waals surface area contributed by atoms with E-state index < -0.39 is 17.8 Å². The first-order valence-corrected chi connectivity index (χ1v) is 9.83. The van der Waals surface area contributed by atoms with E-state index in [0.717, 1.165) is 4.90 Å². The zero-order chi connectivity index (χ0) is 22.1. The number of nitrogens with zero attached hydrogens (tertiary/aromatic N) is 2. The molecule has 0 aliphatic carbocycles. The quantitative estimate of drug-likeness (QED) is 0.465. The maximum Gasteiger partial charge on any atom is 0.335 e. The SMILES string of the molecule is COc1ccc(N2C(=O)NC(=O)/C(=C/c3cccn3-c3ccc(Cl)c(Cl)c3)C2=O)cc1. The lowest BCUT2D eigenvalue weighted by Gasteiger charge is -2.26. The summed E-state index contributed by atoms with van der Waals surface area (Å²) in [6.07, 6.45) is 3.17. The summed E-state index contributed by atoms with van der Waals surface area (Å²) < 4.78 is 6.84. The monoisotopic (exact) mass is 455 g/mol. The van der Waals surface area contributed by atoms with E-state index in [9.17, 15) is 14.4 Å². The van der Waals surface area contributed by atoms with Crippen LogP contribution in [0.1, 0.15) is 5.69 Å². The molecular weight excluding hydrogens is 441 g/mol. The second-order valence-corrected chi connectivity index (χ2v) is 7.37. The summed E-state index contributed by atoms with van der Waals surface area (Å²) in [5.41, 5.74) is 1.36. The molecule has 1 N–H and O–H groups in total. The van der Waals surface area contributed by atoms with Crippen LogP contribution >= 0.6 is 23.2 Å². The molecule has 9 heteroatoms. The van der Waals surface area contributed by atoms with Gasteiger partial charge in [-0.15, -0.1) is 0 Å². The smallest absolute Gasteiger partial charge is 0.335 e. The lowest BCUT2D eigenvalue weighted by molar-refractivity contribution is -0.122. The molecule has 0 saturated carbocycles. The van der Waals surface area contributed by atoms with Gasteiger partial charge in [0.15, 0.2) is 0 Å². The van der Waals surface area contributed by atoms with Crippen molar-refractivity contribution in [2.45, 2.75) is 0 Å². The van der Waals surface area contributed by atoms with Crippen molar-refractivity contribution < 1.29 is 19.1 Å². The molecule has 0 radical (unpaired) electrons. The van der Waals surface area contributed by atoms with Gasteiger partial charge in [-0.05, 0) is 60.7 Å². The molecule has 1 fully saturated rings. The van der Waals surface area contributed by atoms with Crippen LogP contribution in [0.2, 0.25) is 10.0 Å². The Kier molecular flexibility index (Phi) is 5.54. The van der Waals surface area contributed by atoms with Crippen LogP contribution in [0.5, 0.6) is 5.75 Å². The summed E-state index contributed by atoms with van der Waals surface area (Å²) in [6, 6.07) is 14.1. The van der Waals surface area contributed by atoms with Crippen LogP contribution in [0.4, 0.5) is 10.5 Å². The van der Waals surface area contributed by atoms with E-state index in [1.54, 1.807) is 65.4 Å². The molecular formula is C22H15Cl2N3O4. The van der Waals surface area contributed by atoms with Gasteiger partial charge in [-0.1, -0.05) is 23.2 Å². The number of amides is 4. The fourth-order valence-electron chi connectivity index (χ4n) is 3.15. The number of carbonyl (C=O) groups excluding carboxylic acids is 3. The Labute approximate surface area is 187 Å². The van der Waals surface area contributed by atoms with Gasteiger partial charge in [-0.2, -0.15) is 0 Å². The van der Waals surface area contributed by atoms with Crippen LogP contribution < -0.4 is 15.0 Å². The Morgan fingerprint density at radius 3 is 2.32 bits per heavy atom. The number of anilines is 1. The van der Waals surface area contributed by atoms with Crippen LogP contribution in [0, 0.1) is 0 Å². The highest BCUT2D eigenvalue weighted by molar-refractivity contribution is 6.42. The fraction of sp³-hybridized carbons (Fsp3) is 0.0455. The average Bonchev–Trinajstić information content (AvgIpc) is 3.22. The maximum atomic E-state index is 13.1. The van der Waals surface area contributed by atoms with E-state index in [-0.39, 0.29) is 5.57 Å². The number of urea groups is 1. The minimum atomic E-state index is -0.822. The molecule has 0 atom stereocenters. The largest absolute Gasteiger partial charge is 0.497 e. The predicted molar refractivity (Wildman–Crippen MR) is 118 cm³/mol. The molecule has 31 heavy (non-hydrogen) atoms. The van der Waals surface area contributed by atoms with Crippen LogP contribution in [0.15, 0.2) is 66.4 Å². The van der Waals surface area contributed by atoms with E-state index in [2.05, 4.69) is 5.32 Å². The number of aromatic nitrogens is 1. The van der Waals surface area contributed by atoms with Crippen molar-refractivity contribution >= 4 is 52.8 Å². The van der Waals surface area contributed by atoms with Gasteiger partial charge in [0.25, 0.3) is 11.8 Å². The molecule has 0 spiro atoms. The van der Waals surface area contributed by atoms with Crippen LogP contribution in [-0.2, 0) is 9.59 Å². The summed E-state index contributed by atoms with van der Waals surface area (Å²) in [5, 5.41) is 2.98. The number of methoxy groups -OCH3 is 1. The molecule has 0 bridgehead atoms. The number of rotatable bonds is 4. The van der Waals surface area contributed by atoms with Crippen molar-refractivity contribution in [3.63, 3.8) is 0 Å². The van der Waals surface area contributed by atoms with Gasteiger partial charge >= 0.3 is 6.03 Å². The normalized spacial score (nSPS) is 15.4. The highest BCUT2D eigenvalue weighted by atomic mass is 35.5. The van der Waals surface area contributed by atoms with Gasteiger partial charge in [-0.25, -0.2) is 9.69 Å². The second-order valence-electron chi connectivity index (χ2n) is 6.56. The summed E-state index contributed by atoms with van der Waals surface area (Å²) in [7, 11) is 1.51. The van der Waals surface area contributed by atoms with Crippen LogP contribution in [0.25, 0.3) is 11.8 Å². The first-order chi connectivity index (χ1) is 14.9. The average molecular weight is 456 g/mol. The Morgan fingerprint density at radius 1 is 0.935 bits per heavy atom. The molecule has 1 aliphatic heterocycles. The number of halogens is 2. The minimum absolute atomic E-state index is 0.185. The molecule has 2 heterocycles. The molecule has 3 aromatic rings. The van der Waals surface area contributed by atoms with Crippen molar-refractivity contribution in [3.8, 4) is 11.4 Å². The number of hydrogen-bond acceptors (Lipinski definition) is 4. The van der Waals surface area contributed by atoms with Gasteiger partial charge in [-0.3, -0.25) is 14.9 Å². The number of carbonyl (C=O) groups is 3. The van der Waals surface area contributed by atoms with Gasteiger partial charge in [0, 0.05) is 17.6 Å². The van der Waals surface area contributed by atoms with Gasteiger partial charge in [0.2, 0.25) is 0 Å². The molecule has 0 unspecified atom stereocenters. The zero-order valence-electron chi connectivity index (χ0n) is 16.1.